The highest BCUT2D eigenvalue weighted by molar-refractivity contribution is 5.89. The van der Waals surface area contributed by atoms with Gasteiger partial charge in [-0.15, -0.1) is 0 Å². The highest BCUT2D eigenvalue weighted by atomic mass is 16.7. The van der Waals surface area contributed by atoms with Crippen molar-refractivity contribution in [1.29, 1.82) is 0 Å². The normalized spacial score (nSPS) is 22.4. The first-order valence-electron chi connectivity index (χ1n) is 7.09. The maximum atomic E-state index is 12.0. The van der Waals surface area contributed by atoms with E-state index in [0.717, 1.165) is 0 Å². The van der Waals surface area contributed by atoms with Crippen molar-refractivity contribution in [3.63, 3.8) is 0 Å². The Kier molecular flexibility index (Phi) is 7.15. The Balaban J connectivity index is 2.39. The molecule has 23 heavy (non-hydrogen) atoms. The Morgan fingerprint density at radius 2 is 2.13 bits per heavy atom. The average molecular weight is 330 g/mol. The van der Waals surface area contributed by atoms with E-state index in [0.29, 0.717) is 19.4 Å². The molecule has 12 nitrogen and oxygen atoms in total. The molecule has 0 saturated carbocycles. The molecule has 1 heterocycles. The number of primary amides is 1. The number of nitrogens with two attached hydrogens (primary N) is 3. The summed E-state index contributed by atoms with van der Waals surface area (Å²) in [5, 5.41) is 14.8. The average Bonchev–Trinajstić information content (AvgIpc) is 2.87. The molecule has 0 aromatic rings. The van der Waals surface area contributed by atoms with Crippen molar-refractivity contribution in [3.05, 3.63) is 10.1 Å². The molecule has 0 radical (unpaired) electrons. The second kappa shape index (κ2) is 8.85. The van der Waals surface area contributed by atoms with E-state index in [9.17, 15) is 19.7 Å². The molecule has 0 bridgehead atoms. The van der Waals surface area contributed by atoms with Crippen molar-refractivity contribution in [1.82, 2.24) is 16.1 Å². The number of rotatable bonds is 8. The molecule has 1 saturated heterocycles. The van der Waals surface area contributed by atoms with Crippen molar-refractivity contribution in [2.45, 2.75) is 37.4 Å². The topological polar surface area (TPSA) is 204 Å². The highest BCUT2D eigenvalue weighted by Gasteiger charge is 2.29. The zero-order valence-electron chi connectivity index (χ0n) is 12.5. The quantitative estimate of drug-likeness (QED) is 0.0864. The fraction of sp³-hybridized carbons (Fsp3) is 0.727. The number of amides is 2. The molecule has 12 heteroatoms. The molecule has 1 rings (SSSR count). The first-order chi connectivity index (χ1) is 10.8. The zero-order chi connectivity index (χ0) is 17.4. The van der Waals surface area contributed by atoms with E-state index in [1.54, 1.807) is 5.43 Å². The molecule has 1 aliphatic rings. The SMILES string of the molecule is NC(=O)[C@H](CCCN=C(N)N[N+](=O)[O-])NC(=O)[C@H]1C[C@@H](N)CN1. The lowest BCUT2D eigenvalue weighted by molar-refractivity contribution is -0.525. The van der Waals surface area contributed by atoms with E-state index < -0.39 is 23.0 Å². The number of guanidine groups is 1. The minimum absolute atomic E-state index is 0.0933. The zero-order valence-corrected chi connectivity index (χ0v) is 12.5. The summed E-state index contributed by atoms with van der Waals surface area (Å²) < 4.78 is 0. The van der Waals surface area contributed by atoms with Crippen molar-refractivity contribution < 1.29 is 14.6 Å². The summed E-state index contributed by atoms with van der Waals surface area (Å²) in [7, 11) is 0. The van der Waals surface area contributed by atoms with Gasteiger partial charge in [-0.05, 0) is 19.3 Å². The summed E-state index contributed by atoms with van der Waals surface area (Å²) in [6, 6.07) is -1.38. The molecule has 9 N–H and O–H groups in total. The van der Waals surface area contributed by atoms with Gasteiger partial charge in [0, 0.05) is 19.1 Å². The lowest BCUT2D eigenvalue weighted by Gasteiger charge is -2.18. The summed E-state index contributed by atoms with van der Waals surface area (Å²) in [4.78, 5) is 37.2. The van der Waals surface area contributed by atoms with Crippen LogP contribution in [0.25, 0.3) is 0 Å². The van der Waals surface area contributed by atoms with Crippen molar-refractivity contribution in [2.24, 2.45) is 22.2 Å². The Labute approximate surface area is 132 Å². The lowest BCUT2D eigenvalue weighted by Crippen LogP contribution is -2.50. The molecule has 3 atom stereocenters. The summed E-state index contributed by atoms with van der Waals surface area (Å²) in [5.74, 6) is -1.33. The van der Waals surface area contributed by atoms with Crippen LogP contribution in [0.5, 0.6) is 0 Å². The van der Waals surface area contributed by atoms with E-state index in [4.69, 9.17) is 17.2 Å². The summed E-state index contributed by atoms with van der Waals surface area (Å²) in [6.07, 6.45) is 1.10. The molecule has 0 aliphatic carbocycles. The van der Waals surface area contributed by atoms with E-state index in [2.05, 4.69) is 15.6 Å². The number of nitrogens with one attached hydrogen (secondary N) is 3. The standard InChI is InChI=1S/C11H22N8O4/c12-6-4-8(16-5-6)10(21)17-7(9(13)20)2-1-3-15-11(14)18-19(22)23/h6-8,16H,1-5,12H2,(H2,13,20)(H,17,21)(H3,14,15,18)/t6-,7+,8-/m1/s1. The number of carbonyl (C=O) groups excluding carboxylic acids is 2. The Morgan fingerprint density at radius 1 is 1.43 bits per heavy atom. The second-order valence-electron chi connectivity index (χ2n) is 5.20. The Bertz CT molecular complexity index is 483. The van der Waals surface area contributed by atoms with Gasteiger partial charge >= 0.3 is 0 Å². The lowest BCUT2D eigenvalue weighted by atomic mass is 10.1. The molecule has 1 aliphatic heterocycles. The van der Waals surface area contributed by atoms with Gasteiger partial charge in [-0.1, -0.05) is 5.43 Å². The molecule has 0 spiro atoms. The minimum Gasteiger partial charge on any atom is -0.368 e. The molecular formula is C11H22N8O4. The van der Waals surface area contributed by atoms with Crippen molar-refractivity contribution in [2.75, 3.05) is 13.1 Å². The van der Waals surface area contributed by atoms with E-state index >= 15 is 0 Å². The highest BCUT2D eigenvalue weighted by Crippen LogP contribution is 2.06. The monoisotopic (exact) mass is 330 g/mol. The van der Waals surface area contributed by atoms with Gasteiger partial charge in [0.05, 0.1) is 6.04 Å². The number of aliphatic imine (C=N–C) groups is 1. The van der Waals surface area contributed by atoms with Crippen LogP contribution in [0, 0.1) is 10.1 Å². The fourth-order valence-corrected chi connectivity index (χ4v) is 2.14. The summed E-state index contributed by atoms with van der Waals surface area (Å²) in [6.45, 7) is 0.690. The second-order valence-corrected chi connectivity index (χ2v) is 5.20. The minimum atomic E-state index is -0.846. The van der Waals surface area contributed by atoms with Gasteiger partial charge in [0.15, 0.2) is 5.03 Å². The maximum absolute atomic E-state index is 12.0. The third-order valence-corrected chi connectivity index (χ3v) is 3.28. The molecule has 1 fully saturated rings. The van der Waals surface area contributed by atoms with Gasteiger partial charge in [0.2, 0.25) is 11.8 Å². The van der Waals surface area contributed by atoms with Crippen molar-refractivity contribution >= 4 is 17.8 Å². The molecule has 0 aromatic carbocycles. The number of hydrazine groups is 1. The molecular weight excluding hydrogens is 308 g/mol. The fourth-order valence-electron chi connectivity index (χ4n) is 2.14. The van der Waals surface area contributed by atoms with Crippen LogP contribution in [0.2, 0.25) is 0 Å². The number of carbonyl (C=O) groups is 2. The third-order valence-electron chi connectivity index (χ3n) is 3.28. The van der Waals surface area contributed by atoms with E-state index in [1.165, 1.54) is 0 Å². The molecule has 130 valence electrons. The van der Waals surface area contributed by atoms with Gasteiger partial charge in [-0.3, -0.25) is 9.59 Å². The predicted molar refractivity (Wildman–Crippen MR) is 81.4 cm³/mol. The molecule has 0 aromatic heterocycles. The smallest absolute Gasteiger partial charge is 0.251 e. The van der Waals surface area contributed by atoms with Crippen LogP contribution in [-0.4, -0.2) is 54.0 Å². The van der Waals surface area contributed by atoms with Crippen LogP contribution in [0.3, 0.4) is 0 Å². The number of hydrogen-bond acceptors (Lipinski definition) is 7. The van der Waals surface area contributed by atoms with Crippen LogP contribution < -0.4 is 33.3 Å². The van der Waals surface area contributed by atoms with Crippen LogP contribution >= 0.6 is 0 Å². The molecule has 0 unspecified atom stereocenters. The largest absolute Gasteiger partial charge is 0.368 e. The Hall–Kier alpha value is -2.47. The number of hydrogen-bond donors (Lipinski definition) is 6. The summed E-state index contributed by atoms with van der Waals surface area (Å²) in [5.41, 5.74) is 17.9. The van der Waals surface area contributed by atoms with Gasteiger partial charge < -0.3 is 27.8 Å². The van der Waals surface area contributed by atoms with Gasteiger partial charge in [0.25, 0.3) is 5.96 Å². The van der Waals surface area contributed by atoms with Crippen LogP contribution in [-0.2, 0) is 9.59 Å². The third kappa shape index (κ3) is 6.88. The predicted octanol–water partition coefficient (Wildman–Crippen LogP) is -3.48. The van der Waals surface area contributed by atoms with Gasteiger partial charge in [0.1, 0.15) is 6.04 Å². The van der Waals surface area contributed by atoms with Crippen LogP contribution in [0.15, 0.2) is 4.99 Å². The van der Waals surface area contributed by atoms with Crippen LogP contribution in [0.4, 0.5) is 0 Å². The van der Waals surface area contributed by atoms with Crippen LogP contribution in [0.1, 0.15) is 19.3 Å². The van der Waals surface area contributed by atoms with Gasteiger partial charge in [-0.2, -0.15) is 0 Å². The van der Waals surface area contributed by atoms with Gasteiger partial charge in [-0.25, -0.2) is 15.1 Å². The summed E-state index contributed by atoms with van der Waals surface area (Å²) >= 11 is 0. The first-order valence-corrected chi connectivity index (χ1v) is 7.09. The first kappa shape index (κ1) is 18.6. The molecule has 2 amide bonds. The number of nitro groups is 1. The number of nitrogens with zero attached hydrogens (tertiary/aromatic N) is 2. The Morgan fingerprint density at radius 3 is 2.65 bits per heavy atom. The maximum Gasteiger partial charge on any atom is 0.251 e. The van der Waals surface area contributed by atoms with E-state index in [1.807, 2.05) is 0 Å². The van der Waals surface area contributed by atoms with E-state index in [-0.39, 0.29) is 30.9 Å². The van der Waals surface area contributed by atoms with Crippen molar-refractivity contribution in [3.8, 4) is 0 Å².